The second-order valence-electron chi connectivity index (χ2n) is 7.81. The van der Waals surface area contributed by atoms with Gasteiger partial charge in [-0.25, -0.2) is 4.73 Å². The molecule has 1 amide bonds. The number of amides is 1. The standard InChI is InChI=1S/C23H29N3O5/c1-24(21-7-4-5-11-26(21)29)10-6-12-31-20-9-8-17-13-18(15-22(27)30-3)23(28)25(2)16-19(17)14-20/h4-5,7-9,11,14,18H,6,10,12-13,15-16H2,1-3H3. The average molecular weight is 428 g/mol. The number of benzene rings is 1. The minimum Gasteiger partial charge on any atom is -0.711 e. The molecule has 3 rings (SSSR count). The normalized spacial score (nSPS) is 15.8. The number of carbonyl (C=O) groups excluding carboxylic acids is 2. The summed E-state index contributed by atoms with van der Waals surface area (Å²) in [6.45, 7) is 1.67. The summed E-state index contributed by atoms with van der Waals surface area (Å²) in [5.41, 5.74) is 2.07. The lowest BCUT2D eigenvalue weighted by Crippen LogP contribution is -2.36. The molecule has 8 heteroatoms. The van der Waals surface area contributed by atoms with Crippen molar-refractivity contribution in [2.24, 2.45) is 5.92 Å². The van der Waals surface area contributed by atoms with Crippen molar-refractivity contribution in [2.45, 2.75) is 25.8 Å². The van der Waals surface area contributed by atoms with Crippen LogP contribution in [0.5, 0.6) is 5.75 Å². The summed E-state index contributed by atoms with van der Waals surface area (Å²) >= 11 is 0. The predicted octanol–water partition coefficient (Wildman–Crippen LogP) is 1.92. The molecule has 0 saturated carbocycles. The van der Waals surface area contributed by atoms with Crippen LogP contribution in [0.2, 0.25) is 0 Å². The van der Waals surface area contributed by atoms with Gasteiger partial charge in [0.1, 0.15) is 5.75 Å². The molecule has 0 bridgehead atoms. The number of hydrogen-bond donors (Lipinski definition) is 0. The highest BCUT2D eigenvalue weighted by atomic mass is 16.5. The number of rotatable bonds is 8. The van der Waals surface area contributed by atoms with E-state index in [4.69, 9.17) is 9.47 Å². The summed E-state index contributed by atoms with van der Waals surface area (Å²) in [4.78, 5) is 27.9. The van der Waals surface area contributed by atoms with Crippen LogP contribution in [-0.4, -0.2) is 51.1 Å². The van der Waals surface area contributed by atoms with Crippen LogP contribution in [0.25, 0.3) is 0 Å². The van der Waals surface area contributed by atoms with Gasteiger partial charge in [-0.1, -0.05) is 12.1 Å². The molecule has 0 radical (unpaired) electrons. The smallest absolute Gasteiger partial charge is 0.306 e. The lowest BCUT2D eigenvalue weighted by atomic mass is 9.94. The number of methoxy groups -OCH3 is 1. The minimum atomic E-state index is -0.414. The maximum atomic E-state index is 12.6. The van der Waals surface area contributed by atoms with E-state index in [0.717, 1.165) is 28.0 Å². The Balaban J connectivity index is 1.58. The first-order valence-electron chi connectivity index (χ1n) is 10.3. The zero-order valence-electron chi connectivity index (χ0n) is 18.2. The van der Waals surface area contributed by atoms with E-state index in [9.17, 15) is 14.8 Å². The molecule has 0 fully saturated rings. The van der Waals surface area contributed by atoms with E-state index < -0.39 is 5.92 Å². The van der Waals surface area contributed by atoms with Gasteiger partial charge in [0.15, 0.2) is 0 Å². The van der Waals surface area contributed by atoms with Crippen molar-refractivity contribution in [3.8, 4) is 5.75 Å². The van der Waals surface area contributed by atoms with Gasteiger partial charge in [-0.2, -0.15) is 0 Å². The van der Waals surface area contributed by atoms with Gasteiger partial charge in [-0.15, -0.1) is 0 Å². The fourth-order valence-electron chi connectivity index (χ4n) is 3.80. The molecule has 2 aromatic rings. The maximum Gasteiger partial charge on any atom is 0.306 e. The number of aromatic nitrogens is 1. The monoisotopic (exact) mass is 427 g/mol. The van der Waals surface area contributed by atoms with Crippen molar-refractivity contribution in [3.05, 3.63) is 58.9 Å². The molecule has 1 atom stereocenters. The first-order chi connectivity index (χ1) is 14.9. The third kappa shape index (κ3) is 5.65. The van der Waals surface area contributed by atoms with Crippen LogP contribution in [0.3, 0.4) is 0 Å². The number of carbonyl (C=O) groups is 2. The molecule has 0 spiro atoms. The van der Waals surface area contributed by atoms with E-state index in [0.29, 0.717) is 31.9 Å². The second-order valence-corrected chi connectivity index (χ2v) is 7.81. The molecule has 1 aliphatic heterocycles. The van der Waals surface area contributed by atoms with Crippen LogP contribution in [0.1, 0.15) is 24.0 Å². The summed E-state index contributed by atoms with van der Waals surface area (Å²) in [6.07, 6.45) is 2.82. The topological polar surface area (TPSA) is 86.0 Å². The first-order valence-corrected chi connectivity index (χ1v) is 10.3. The molecule has 31 heavy (non-hydrogen) atoms. The number of fused-ring (bicyclic) bond motifs is 1. The van der Waals surface area contributed by atoms with Gasteiger partial charge < -0.3 is 19.6 Å². The lowest BCUT2D eigenvalue weighted by molar-refractivity contribution is -0.592. The van der Waals surface area contributed by atoms with Gasteiger partial charge in [-0.3, -0.25) is 14.5 Å². The fraction of sp³-hybridized carbons (Fsp3) is 0.435. The molecule has 8 nitrogen and oxygen atoms in total. The van der Waals surface area contributed by atoms with Crippen molar-refractivity contribution in [3.63, 3.8) is 0 Å². The van der Waals surface area contributed by atoms with Crippen LogP contribution in [0.4, 0.5) is 5.82 Å². The van der Waals surface area contributed by atoms with Crippen molar-refractivity contribution in [1.29, 1.82) is 0 Å². The lowest BCUT2D eigenvalue weighted by Gasteiger charge is -2.19. The maximum absolute atomic E-state index is 12.6. The summed E-state index contributed by atoms with van der Waals surface area (Å²) < 4.78 is 11.5. The fourth-order valence-corrected chi connectivity index (χ4v) is 3.80. The van der Waals surface area contributed by atoms with Crippen LogP contribution in [0.15, 0.2) is 42.6 Å². The van der Waals surface area contributed by atoms with E-state index in [1.54, 1.807) is 24.1 Å². The van der Waals surface area contributed by atoms with E-state index >= 15 is 0 Å². The summed E-state index contributed by atoms with van der Waals surface area (Å²) in [5, 5.41) is 11.8. The SMILES string of the molecule is COC(=O)CC1Cc2ccc(OCCCN(C)c3cccc[n+]3[O-])cc2CN(C)C1=O. The van der Waals surface area contributed by atoms with Crippen LogP contribution in [-0.2, 0) is 27.3 Å². The second kappa shape index (κ2) is 10.1. The molecule has 1 aliphatic rings. The quantitative estimate of drug-likeness (QED) is 0.277. The Morgan fingerprint density at radius 1 is 1.29 bits per heavy atom. The highest BCUT2D eigenvalue weighted by Crippen LogP contribution is 2.27. The van der Waals surface area contributed by atoms with Gasteiger partial charge in [0, 0.05) is 26.1 Å². The van der Waals surface area contributed by atoms with Crippen molar-refractivity contribution >= 4 is 17.7 Å². The van der Waals surface area contributed by atoms with E-state index in [1.807, 2.05) is 36.2 Å². The Hall–Kier alpha value is -3.29. The van der Waals surface area contributed by atoms with Crippen LogP contribution in [0, 0.1) is 11.1 Å². The average Bonchev–Trinajstić information content (AvgIpc) is 2.87. The van der Waals surface area contributed by atoms with Crippen molar-refractivity contribution in [1.82, 2.24) is 4.90 Å². The van der Waals surface area contributed by atoms with Crippen molar-refractivity contribution < 1.29 is 23.8 Å². The molecular formula is C23H29N3O5. The number of esters is 1. The number of pyridine rings is 1. The largest absolute Gasteiger partial charge is 0.711 e. The molecule has 0 aliphatic carbocycles. The molecule has 1 aromatic heterocycles. The zero-order valence-corrected chi connectivity index (χ0v) is 18.2. The Bertz CT molecular complexity index is 933. The minimum absolute atomic E-state index is 0.0522. The van der Waals surface area contributed by atoms with E-state index in [1.165, 1.54) is 13.3 Å². The summed E-state index contributed by atoms with van der Waals surface area (Å²) in [6, 6.07) is 11.2. The summed E-state index contributed by atoms with van der Waals surface area (Å²) in [5.74, 6) is 0.499. The van der Waals surface area contributed by atoms with E-state index in [2.05, 4.69) is 0 Å². The Morgan fingerprint density at radius 3 is 2.84 bits per heavy atom. The molecule has 0 saturated heterocycles. The van der Waals surface area contributed by atoms with Gasteiger partial charge in [0.05, 0.1) is 45.8 Å². The molecule has 166 valence electrons. The third-order valence-electron chi connectivity index (χ3n) is 5.52. The van der Waals surface area contributed by atoms with Gasteiger partial charge in [-0.05, 0) is 35.7 Å². The van der Waals surface area contributed by atoms with Gasteiger partial charge >= 0.3 is 5.97 Å². The molecule has 2 heterocycles. The Kier molecular flexibility index (Phi) is 7.33. The molecule has 1 aromatic carbocycles. The van der Waals surface area contributed by atoms with Crippen molar-refractivity contribution in [2.75, 3.05) is 39.3 Å². The number of ether oxygens (including phenoxy) is 2. The zero-order chi connectivity index (χ0) is 22.4. The Morgan fingerprint density at radius 2 is 2.10 bits per heavy atom. The van der Waals surface area contributed by atoms with Crippen LogP contribution >= 0.6 is 0 Å². The number of anilines is 1. The third-order valence-corrected chi connectivity index (χ3v) is 5.52. The molecular weight excluding hydrogens is 398 g/mol. The first kappa shape index (κ1) is 22.4. The summed E-state index contributed by atoms with van der Waals surface area (Å²) in [7, 11) is 4.96. The predicted molar refractivity (Wildman–Crippen MR) is 116 cm³/mol. The number of nitrogens with zero attached hydrogens (tertiary/aromatic N) is 3. The van der Waals surface area contributed by atoms with E-state index in [-0.39, 0.29) is 18.3 Å². The molecule has 0 N–H and O–H groups in total. The van der Waals surface area contributed by atoms with Crippen LogP contribution < -0.4 is 14.4 Å². The highest BCUT2D eigenvalue weighted by Gasteiger charge is 2.30. The highest BCUT2D eigenvalue weighted by molar-refractivity contribution is 5.84. The van der Waals surface area contributed by atoms with Gasteiger partial charge in [0.25, 0.3) is 5.82 Å². The van der Waals surface area contributed by atoms with Gasteiger partial charge in [0.2, 0.25) is 5.91 Å². The number of hydrogen-bond acceptors (Lipinski definition) is 6. The Labute approximate surface area is 182 Å². The molecule has 1 unspecified atom stereocenters.